The van der Waals surface area contributed by atoms with Gasteiger partial charge in [0, 0.05) is 23.9 Å². The first-order valence-electron chi connectivity index (χ1n) is 10.8. The molecule has 0 amide bonds. The first-order valence-corrected chi connectivity index (χ1v) is 12.2. The largest absolute Gasteiger partial charge is 0.456 e. The Hall–Kier alpha value is -3.16. The Morgan fingerprint density at radius 1 is 0.812 bits per heavy atom. The molecule has 5 rings (SSSR count). The molecule has 4 aromatic rings. The third kappa shape index (κ3) is 3.89. The van der Waals surface area contributed by atoms with Gasteiger partial charge in [-0.25, -0.2) is 13.2 Å². The molecule has 1 aliphatic rings. The van der Waals surface area contributed by atoms with Crippen LogP contribution in [0.4, 0.5) is 0 Å². The Kier molecular flexibility index (Phi) is 5.45. The Bertz CT molecular complexity index is 1380. The van der Waals surface area contributed by atoms with Crippen LogP contribution in [0, 0.1) is 0 Å². The summed E-state index contributed by atoms with van der Waals surface area (Å²) in [6, 6.07) is 18.9. The smallest absolute Gasteiger partial charge is 0.343 e. The Morgan fingerprint density at radius 2 is 1.50 bits per heavy atom. The molecule has 1 aromatic heterocycles. The van der Waals surface area contributed by atoms with Crippen LogP contribution in [0.15, 0.2) is 76.0 Å². The molecule has 0 atom stereocenters. The van der Waals surface area contributed by atoms with Crippen molar-refractivity contribution in [2.24, 2.45) is 0 Å². The third-order valence-corrected chi connectivity index (χ3v) is 7.76. The fraction of sp³-hybridized carbons (Fsp3) is 0.240. The normalized spacial score (nSPS) is 15.6. The molecule has 7 heteroatoms. The van der Waals surface area contributed by atoms with E-state index in [1.165, 1.54) is 28.6 Å². The molecule has 32 heavy (non-hydrogen) atoms. The number of hydrogen-bond donors (Lipinski definition) is 0. The lowest BCUT2D eigenvalue weighted by Gasteiger charge is -2.19. The summed E-state index contributed by atoms with van der Waals surface area (Å²) in [4.78, 5) is 12.9. The second kappa shape index (κ2) is 8.41. The van der Waals surface area contributed by atoms with Gasteiger partial charge in [0.2, 0.25) is 10.0 Å². The average Bonchev–Trinajstić information content (AvgIpc) is 2.97. The lowest BCUT2D eigenvalue weighted by molar-refractivity contribution is 0.0735. The van der Waals surface area contributed by atoms with E-state index in [0.717, 1.165) is 42.0 Å². The number of rotatable bonds is 4. The molecule has 0 saturated carbocycles. The minimum absolute atomic E-state index is 0.197. The number of fused-ring (bicyclic) bond motifs is 3. The molecule has 0 N–H and O–H groups in total. The van der Waals surface area contributed by atoms with Gasteiger partial charge in [0.1, 0.15) is 16.9 Å². The number of hydrogen-bond acceptors (Lipinski definition) is 5. The molecule has 0 unspecified atom stereocenters. The standard InChI is InChI=1S/C25H23NO5S/c27-25(30-19-11-14-24-22(17-19)21-7-3-4-8-23(21)31-24)18-9-12-20(13-10-18)32(28,29)26-15-5-1-2-6-16-26/h3-4,7-14,17H,1-2,5-6,15-16H2. The highest BCUT2D eigenvalue weighted by atomic mass is 32.2. The minimum Gasteiger partial charge on any atom is -0.456 e. The molecule has 0 spiro atoms. The quantitative estimate of drug-likeness (QED) is 0.309. The van der Waals surface area contributed by atoms with E-state index in [4.69, 9.17) is 9.15 Å². The maximum Gasteiger partial charge on any atom is 0.343 e. The molecular formula is C25H23NO5S. The summed E-state index contributed by atoms with van der Waals surface area (Å²) >= 11 is 0. The van der Waals surface area contributed by atoms with E-state index < -0.39 is 16.0 Å². The maximum absolute atomic E-state index is 12.9. The highest BCUT2D eigenvalue weighted by Crippen LogP contribution is 2.31. The van der Waals surface area contributed by atoms with Crippen molar-refractivity contribution in [2.75, 3.05) is 13.1 Å². The number of para-hydroxylation sites is 1. The van der Waals surface area contributed by atoms with Gasteiger partial charge < -0.3 is 9.15 Å². The van der Waals surface area contributed by atoms with Crippen molar-refractivity contribution in [3.63, 3.8) is 0 Å². The van der Waals surface area contributed by atoms with Crippen molar-refractivity contribution in [3.8, 4) is 5.75 Å². The number of sulfonamides is 1. The molecule has 6 nitrogen and oxygen atoms in total. The van der Waals surface area contributed by atoms with Gasteiger partial charge >= 0.3 is 5.97 Å². The van der Waals surface area contributed by atoms with Gasteiger partial charge in [0.25, 0.3) is 0 Å². The summed E-state index contributed by atoms with van der Waals surface area (Å²) in [7, 11) is -3.55. The summed E-state index contributed by atoms with van der Waals surface area (Å²) in [6.07, 6.45) is 3.86. The van der Waals surface area contributed by atoms with E-state index in [-0.39, 0.29) is 10.5 Å². The van der Waals surface area contributed by atoms with Gasteiger partial charge in [-0.3, -0.25) is 0 Å². The van der Waals surface area contributed by atoms with Gasteiger partial charge in [0.05, 0.1) is 10.5 Å². The predicted octanol–water partition coefficient (Wildman–Crippen LogP) is 5.37. The Balaban J connectivity index is 1.35. The lowest BCUT2D eigenvalue weighted by Crippen LogP contribution is -2.31. The highest BCUT2D eigenvalue weighted by molar-refractivity contribution is 7.89. The van der Waals surface area contributed by atoms with Gasteiger partial charge in [-0.15, -0.1) is 0 Å². The van der Waals surface area contributed by atoms with Crippen molar-refractivity contribution in [1.29, 1.82) is 0 Å². The molecule has 1 fully saturated rings. The fourth-order valence-corrected chi connectivity index (χ4v) is 5.65. The monoisotopic (exact) mass is 449 g/mol. The van der Waals surface area contributed by atoms with Crippen molar-refractivity contribution < 1.29 is 22.4 Å². The highest BCUT2D eigenvalue weighted by Gasteiger charge is 2.25. The summed E-state index contributed by atoms with van der Waals surface area (Å²) in [6.45, 7) is 1.08. The third-order valence-electron chi connectivity index (χ3n) is 5.85. The van der Waals surface area contributed by atoms with Crippen LogP contribution in [0.25, 0.3) is 21.9 Å². The van der Waals surface area contributed by atoms with Crippen molar-refractivity contribution in [2.45, 2.75) is 30.6 Å². The molecule has 164 valence electrons. The van der Waals surface area contributed by atoms with Gasteiger partial charge in [0.15, 0.2) is 0 Å². The van der Waals surface area contributed by atoms with Crippen molar-refractivity contribution in [1.82, 2.24) is 4.31 Å². The number of esters is 1. The van der Waals surface area contributed by atoms with Crippen LogP contribution in [-0.2, 0) is 10.0 Å². The van der Waals surface area contributed by atoms with Crippen LogP contribution >= 0.6 is 0 Å². The van der Waals surface area contributed by atoms with Gasteiger partial charge in [-0.1, -0.05) is 31.0 Å². The van der Waals surface area contributed by atoms with E-state index in [2.05, 4.69) is 0 Å². The summed E-state index contributed by atoms with van der Waals surface area (Å²) in [5.41, 5.74) is 1.78. The van der Waals surface area contributed by atoms with E-state index in [0.29, 0.717) is 24.4 Å². The molecule has 1 aliphatic heterocycles. The predicted molar refractivity (Wildman–Crippen MR) is 122 cm³/mol. The van der Waals surface area contributed by atoms with Crippen LogP contribution in [0.5, 0.6) is 5.75 Å². The first kappa shape index (κ1) is 20.7. The van der Waals surface area contributed by atoms with E-state index in [9.17, 15) is 13.2 Å². The fourth-order valence-electron chi connectivity index (χ4n) is 4.13. The van der Waals surface area contributed by atoms with E-state index in [1.54, 1.807) is 18.2 Å². The van der Waals surface area contributed by atoms with Crippen LogP contribution in [-0.4, -0.2) is 31.8 Å². The first-order chi connectivity index (χ1) is 15.5. The second-order valence-electron chi connectivity index (χ2n) is 7.99. The number of furan rings is 1. The zero-order valence-corrected chi connectivity index (χ0v) is 18.3. The number of ether oxygens (including phenoxy) is 1. The zero-order chi connectivity index (χ0) is 22.1. The molecule has 0 bridgehead atoms. The van der Waals surface area contributed by atoms with Crippen molar-refractivity contribution in [3.05, 3.63) is 72.3 Å². The average molecular weight is 450 g/mol. The maximum atomic E-state index is 12.9. The van der Waals surface area contributed by atoms with Crippen LogP contribution in [0.1, 0.15) is 36.0 Å². The lowest BCUT2D eigenvalue weighted by atomic mass is 10.1. The topological polar surface area (TPSA) is 76.8 Å². The summed E-state index contributed by atoms with van der Waals surface area (Å²) in [5, 5.41) is 1.81. The minimum atomic E-state index is -3.55. The molecule has 1 saturated heterocycles. The number of carbonyl (C=O) groups is 1. The molecule has 3 aromatic carbocycles. The van der Waals surface area contributed by atoms with Gasteiger partial charge in [-0.2, -0.15) is 4.31 Å². The number of benzene rings is 3. The Labute approximate surface area is 186 Å². The van der Waals surface area contributed by atoms with Crippen LogP contribution < -0.4 is 4.74 Å². The molecule has 2 heterocycles. The Morgan fingerprint density at radius 3 is 2.25 bits per heavy atom. The summed E-state index contributed by atoms with van der Waals surface area (Å²) in [5.74, 6) is -0.147. The van der Waals surface area contributed by atoms with Crippen LogP contribution in [0.3, 0.4) is 0 Å². The zero-order valence-electron chi connectivity index (χ0n) is 17.5. The second-order valence-corrected chi connectivity index (χ2v) is 9.93. The van der Waals surface area contributed by atoms with E-state index >= 15 is 0 Å². The molecule has 0 radical (unpaired) electrons. The van der Waals surface area contributed by atoms with Crippen molar-refractivity contribution >= 4 is 37.9 Å². The SMILES string of the molecule is O=C(Oc1ccc2oc3ccccc3c2c1)c1ccc(S(=O)(=O)N2CCCCCC2)cc1. The van der Waals surface area contributed by atoms with E-state index in [1.807, 2.05) is 24.3 Å². The molecule has 0 aliphatic carbocycles. The summed E-state index contributed by atoms with van der Waals surface area (Å²) < 4.78 is 38.7. The number of carbonyl (C=O) groups excluding carboxylic acids is 1. The van der Waals surface area contributed by atoms with Gasteiger partial charge in [-0.05, 0) is 61.4 Å². The van der Waals surface area contributed by atoms with Crippen LogP contribution in [0.2, 0.25) is 0 Å². The molecular weight excluding hydrogens is 426 g/mol. The number of nitrogens with zero attached hydrogens (tertiary/aromatic N) is 1.